The highest BCUT2D eigenvalue weighted by Crippen LogP contribution is 2.31. The molecular formula is C23H19FN2O2. The number of nitrogens with one attached hydrogen (secondary N) is 1. The molecule has 3 aromatic carbocycles. The predicted molar refractivity (Wildman–Crippen MR) is 104 cm³/mol. The Kier molecular flexibility index (Phi) is 4.89. The maximum absolute atomic E-state index is 13.1. The Balaban J connectivity index is 1.59. The fourth-order valence-electron chi connectivity index (χ4n) is 3.48. The Morgan fingerprint density at radius 2 is 1.64 bits per heavy atom. The first-order chi connectivity index (χ1) is 13.6. The van der Waals surface area contributed by atoms with Crippen LogP contribution in [0.2, 0.25) is 0 Å². The van der Waals surface area contributed by atoms with E-state index in [4.69, 9.17) is 0 Å². The van der Waals surface area contributed by atoms with Gasteiger partial charge < -0.3 is 10.2 Å². The summed E-state index contributed by atoms with van der Waals surface area (Å²) in [6.45, 7) is 0.649. The SMILES string of the molecule is O=C(NCc1ccc(F)cc1)[C@@H](c1ccccc1)N1Cc2ccccc2C1=O. The van der Waals surface area contributed by atoms with Gasteiger partial charge in [0.1, 0.15) is 11.9 Å². The molecule has 5 heteroatoms. The van der Waals surface area contributed by atoms with Gasteiger partial charge in [0.2, 0.25) is 5.91 Å². The molecule has 140 valence electrons. The molecule has 0 aromatic heterocycles. The number of carbonyl (C=O) groups excluding carboxylic acids is 2. The number of nitrogens with zero attached hydrogens (tertiary/aromatic N) is 1. The molecule has 1 aliphatic heterocycles. The van der Waals surface area contributed by atoms with E-state index in [0.717, 1.165) is 16.7 Å². The summed E-state index contributed by atoms with van der Waals surface area (Å²) in [7, 11) is 0. The van der Waals surface area contributed by atoms with Gasteiger partial charge in [0.15, 0.2) is 0 Å². The molecular weight excluding hydrogens is 355 g/mol. The molecule has 0 spiro atoms. The summed E-state index contributed by atoms with van der Waals surface area (Å²) in [6.07, 6.45) is 0. The summed E-state index contributed by atoms with van der Waals surface area (Å²) in [6, 6.07) is 21.9. The molecule has 2 amide bonds. The molecule has 3 aromatic rings. The Labute approximate surface area is 162 Å². The van der Waals surface area contributed by atoms with E-state index in [0.29, 0.717) is 12.1 Å². The fraction of sp³-hybridized carbons (Fsp3) is 0.130. The van der Waals surface area contributed by atoms with E-state index in [1.165, 1.54) is 12.1 Å². The lowest BCUT2D eigenvalue weighted by atomic mass is 10.0. The minimum atomic E-state index is -0.735. The molecule has 28 heavy (non-hydrogen) atoms. The van der Waals surface area contributed by atoms with Crippen LogP contribution in [0.4, 0.5) is 4.39 Å². The van der Waals surface area contributed by atoms with Crippen molar-refractivity contribution < 1.29 is 14.0 Å². The Hall–Kier alpha value is -3.47. The molecule has 1 heterocycles. The number of rotatable bonds is 5. The maximum Gasteiger partial charge on any atom is 0.255 e. The van der Waals surface area contributed by atoms with Crippen LogP contribution in [0.5, 0.6) is 0 Å². The van der Waals surface area contributed by atoms with Crippen LogP contribution in [-0.4, -0.2) is 16.7 Å². The minimum absolute atomic E-state index is 0.151. The first kappa shape index (κ1) is 17.9. The number of halogens is 1. The molecule has 1 N–H and O–H groups in total. The van der Waals surface area contributed by atoms with Gasteiger partial charge in [0.25, 0.3) is 5.91 Å². The van der Waals surface area contributed by atoms with E-state index in [-0.39, 0.29) is 24.2 Å². The van der Waals surface area contributed by atoms with Gasteiger partial charge >= 0.3 is 0 Å². The molecule has 1 aliphatic rings. The highest BCUT2D eigenvalue weighted by molar-refractivity contribution is 6.01. The molecule has 4 nitrogen and oxygen atoms in total. The third-order valence-corrected chi connectivity index (χ3v) is 4.90. The number of benzene rings is 3. The number of carbonyl (C=O) groups is 2. The Morgan fingerprint density at radius 1 is 0.964 bits per heavy atom. The summed E-state index contributed by atoms with van der Waals surface area (Å²) in [5.74, 6) is -0.740. The molecule has 4 rings (SSSR count). The average molecular weight is 374 g/mol. The van der Waals surface area contributed by atoms with Crippen LogP contribution in [0.25, 0.3) is 0 Å². The van der Waals surface area contributed by atoms with Gasteiger partial charge in [-0.05, 0) is 34.9 Å². The quantitative estimate of drug-likeness (QED) is 0.738. The second-order valence-corrected chi connectivity index (χ2v) is 6.75. The third kappa shape index (κ3) is 3.51. The first-order valence-corrected chi connectivity index (χ1v) is 9.09. The lowest BCUT2D eigenvalue weighted by Crippen LogP contribution is -2.40. The topological polar surface area (TPSA) is 49.4 Å². The largest absolute Gasteiger partial charge is 0.350 e. The summed E-state index contributed by atoms with van der Waals surface area (Å²) in [5, 5.41) is 2.89. The highest BCUT2D eigenvalue weighted by atomic mass is 19.1. The normalized spacial score (nSPS) is 13.9. The summed E-state index contributed by atoms with van der Waals surface area (Å²) in [5.41, 5.74) is 3.09. The highest BCUT2D eigenvalue weighted by Gasteiger charge is 2.37. The van der Waals surface area contributed by atoms with Crippen molar-refractivity contribution in [2.24, 2.45) is 0 Å². The van der Waals surface area contributed by atoms with Gasteiger partial charge in [-0.15, -0.1) is 0 Å². The van der Waals surface area contributed by atoms with Crippen molar-refractivity contribution in [2.45, 2.75) is 19.1 Å². The van der Waals surface area contributed by atoms with Gasteiger partial charge in [0, 0.05) is 18.7 Å². The summed E-state index contributed by atoms with van der Waals surface area (Å²) in [4.78, 5) is 27.6. The summed E-state index contributed by atoms with van der Waals surface area (Å²) < 4.78 is 13.1. The zero-order valence-electron chi connectivity index (χ0n) is 15.1. The second kappa shape index (κ2) is 7.64. The first-order valence-electron chi connectivity index (χ1n) is 9.09. The van der Waals surface area contributed by atoms with Crippen molar-refractivity contribution in [2.75, 3.05) is 0 Å². The van der Waals surface area contributed by atoms with E-state index in [1.807, 2.05) is 48.5 Å². The van der Waals surface area contributed by atoms with E-state index in [9.17, 15) is 14.0 Å². The zero-order valence-corrected chi connectivity index (χ0v) is 15.1. The minimum Gasteiger partial charge on any atom is -0.350 e. The van der Waals surface area contributed by atoms with E-state index in [1.54, 1.807) is 23.1 Å². The van der Waals surface area contributed by atoms with Crippen LogP contribution in [0.3, 0.4) is 0 Å². The van der Waals surface area contributed by atoms with Crippen LogP contribution in [0.1, 0.15) is 33.1 Å². The lowest BCUT2D eigenvalue weighted by Gasteiger charge is -2.27. The van der Waals surface area contributed by atoms with Gasteiger partial charge in [-0.25, -0.2) is 4.39 Å². The third-order valence-electron chi connectivity index (χ3n) is 4.90. The van der Waals surface area contributed by atoms with Crippen LogP contribution in [-0.2, 0) is 17.9 Å². The molecule has 0 unspecified atom stereocenters. The standard InChI is InChI=1S/C23H19FN2O2/c24-19-12-10-16(11-13-19)14-25-22(27)21(17-6-2-1-3-7-17)26-15-18-8-4-5-9-20(18)23(26)28/h1-13,21H,14-15H2,(H,25,27)/t21-/m1/s1. The molecule has 1 atom stereocenters. The maximum atomic E-state index is 13.1. The fourth-order valence-corrected chi connectivity index (χ4v) is 3.48. The van der Waals surface area contributed by atoms with Gasteiger partial charge in [-0.2, -0.15) is 0 Å². The molecule has 0 fully saturated rings. The molecule has 0 saturated heterocycles. The van der Waals surface area contributed by atoms with Gasteiger partial charge in [0.05, 0.1) is 0 Å². The van der Waals surface area contributed by atoms with E-state index in [2.05, 4.69) is 5.32 Å². The van der Waals surface area contributed by atoms with Crippen molar-refractivity contribution in [3.8, 4) is 0 Å². The molecule has 0 bridgehead atoms. The second-order valence-electron chi connectivity index (χ2n) is 6.75. The van der Waals surface area contributed by atoms with Gasteiger partial charge in [-0.3, -0.25) is 9.59 Å². The average Bonchev–Trinajstić information content (AvgIpc) is 3.05. The lowest BCUT2D eigenvalue weighted by molar-refractivity contribution is -0.126. The summed E-state index contributed by atoms with van der Waals surface area (Å²) >= 11 is 0. The zero-order chi connectivity index (χ0) is 19.5. The molecule has 0 radical (unpaired) electrons. The Morgan fingerprint density at radius 3 is 2.36 bits per heavy atom. The Bertz CT molecular complexity index is 1000. The monoisotopic (exact) mass is 374 g/mol. The van der Waals surface area contributed by atoms with E-state index >= 15 is 0 Å². The van der Waals surface area contributed by atoms with Gasteiger partial charge in [-0.1, -0.05) is 60.7 Å². The van der Waals surface area contributed by atoms with Crippen LogP contribution in [0.15, 0.2) is 78.9 Å². The van der Waals surface area contributed by atoms with Crippen molar-refractivity contribution in [1.29, 1.82) is 0 Å². The van der Waals surface area contributed by atoms with Crippen LogP contribution in [0, 0.1) is 5.82 Å². The smallest absolute Gasteiger partial charge is 0.255 e. The van der Waals surface area contributed by atoms with Crippen LogP contribution >= 0.6 is 0 Å². The number of hydrogen-bond donors (Lipinski definition) is 1. The van der Waals surface area contributed by atoms with Crippen LogP contribution < -0.4 is 5.32 Å². The number of fused-ring (bicyclic) bond motifs is 1. The van der Waals surface area contributed by atoms with E-state index < -0.39 is 6.04 Å². The number of hydrogen-bond acceptors (Lipinski definition) is 2. The number of amides is 2. The molecule has 0 saturated carbocycles. The van der Waals surface area contributed by atoms with Crippen molar-refractivity contribution >= 4 is 11.8 Å². The molecule has 0 aliphatic carbocycles. The van der Waals surface area contributed by atoms with Crippen molar-refractivity contribution in [1.82, 2.24) is 10.2 Å². The van der Waals surface area contributed by atoms with Crippen molar-refractivity contribution in [3.63, 3.8) is 0 Å². The van der Waals surface area contributed by atoms with Crippen molar-refractivity contribution in [3.05, 3.63) is 107 Å². The predicted octanol–water partition coefficient (Wildman–Crippen LogP) is 3.84.